The number of amides is 1. The molecule has 1 heterocycles. The summed E-state index contributed by atoms with van der Waals surface area (Å²) in [4.78, 5) is 14.8. The molecule has 3 rings (SSSR count). The van der Waals surface area contributed by atoms with Gasteiger partial charge in [0.15, 0.2) is 0 Å². The molecule has 1 aliphatic rings. The fraction of sp³-hybridized carbons (Fsp3) is 0.409. The largest absolute Gasteiger partial charge is 0.371 e. The lowest BCUT2D eigenvalue weighted by Gasteiger charge is -2.32. The van der Waals surface area contributed by atoms with Crippen LogP contribution < -0.4 is 10.2 Å². The van der Waals surface area contributed by atoms with Crippen LogP contribution in [0.4, 0.5) is 5.69 Å². The summed E-state index contributed by atoms with van der Waals surface area (Å²) in [6.45, 7) is 4.60. The summed E-state index contributed by atoms with van der Waals surface area (Å²) >= 11 is 0. The molecule has 156 valence electrons. The van der Waals surface area contributed by atoms with E-state index in [0.717, 1.165) is 23.0 Å². The first-order valence-corrected chi connectivity index (χ1v) is 11.4. The van der Waals surface area contributed by atoms with Crippen molar-refractivity contribution < 1.29 is 13.2 Å². The molecule has 1 N–H and O–H groups in total. The van der Waals surface area contributed by atoms with E-state index in [1.165, 1.54) is 37.7 Å². The van der Waals surface area contributed by atoms with E-state index in [4.69, 9.17) is 0 Å². The van der Waals surface area contributed by atoms with Crippen molar-refractivity contribution in [3.8, 4) is 0 Å². The average Bonchev–Trinajstić information content (AvgIpc) is 2.73. The molecular weight excluding hydrogens is 386 g/mol. The normalized spacial score (nSPS) is 17.3. The Morgan fingerprint density at radius 3 is 2.48 bits per heavy atom. The number of carbonyl (C=O) groups is 1. The monoisotopic (exact) mass is 415 g/mol. The summed E-state index contributed by atoms with van der Waals surface area (Å²) in [5.74, 6) is 0.382. The highest BCUT2D eigenvalue weighted by atomic mass is 32.2. The van der Waals surface area contributed by atoms with Crippen molar-refractivity contribution in [3.05, 3.63) is 60.2 Å². The van der Waals surface area contributed by atoms with Crippen molar-refractivity contribution in [1.29, 1.82) is 0 Å². The van der Waals surface area contributed by atoms with E-state index in [-0.39, 0.29) is 17.3 Å². The highest BCUT2D eigenvalue weighted by Crippen LogP contribution is 2.23. The zero-order chi connectivity index (χ0) is 20.9. The molecular formula is C22H29N3O3S. The molecule has 6 nitrogen and oxygen atoms in total. The maximum Gasteiger partial charge on any atom is 0.243 e. The van der Waals surface area contributed by atoms with Crippen molar-refractivity contribution in [2.75, 3.05) is 31.6 Å². The lowest BCUT2D eigenvalue weighted by molar-refractivity contribution is -0.121. The van der Waals surface area contributed by atoms with Crippen LogP contribution in [0.5, 0.6) is 0 Å². The fourth-order valence-corrected chi connectivity index (χ4v) is 4.71. The van der Waals surface area contributed by atoms with Crippen molar-refractivity contribution in [2.45, 2.75) is 31.2 Å². The van der Waals surface area contributed by atoms with Crippen molar-refractivity contribution in [3.63, 3.8) is 0 Å². The van der Waals surface area contributed by atoms with E-state index in [0.29, 0.717) is 12.5 Å². The van der Waals surface area contributed by atoms with Crippen LogP contribution >= 0.6 is 0 Å². The number of nitrogens with one attached hydrogen (secondary N) is 1. The third kappa shape index (κ3) is 5.58. The number of benzene rings is 2. The number of anilines is 1. The molecule has 0 radical (unpaired) electrons. The molecule has 0 aromatic heterocycles. The van der Waals surface area contributed by atoms with E-state index in [9.17, 15) is 13.2 Å². The van der Waals surface area contributed by atoms with Gasteiger partial charge in [-0.25, -0.2) is 8.42 Å². The van der Waals surface area contributed by atoms with E-state index in [1.807, 2.05) is 12.1 Å². The predicted molar refractivity (Wildman–Crippen MR) is 115 cm³/mol. The Morgan fingerprint density at radius 2 is 1.83 bits per heavy atom. The minimum Gasteiger partial charge on any atom is -0.371 e. The first kappa shape index (κ1) is 21.3. The molecule has 1 amide bonds. The number of nitrogens with zero attached hydrogens (tertiary/aromatic N) is 2. The minimum atomic E-state index is -3.67. The third-order valence-electron chi connectivity index (χ3n) is 5.27. The van der Waals surface area contributed by atoms with E-state index >= 15 is 0 Å². The molecule has 2 aromatic carbocycles. The molecule has 2 aromatic rings. The van der Waals surface area contributed by atoms with Crippen LogP contribution in [0.1, 0.15) is 25.3 Å². The van der Waals surface area contributed by atoms with Gasteiger partial charge >= 0.3 is 0 Å². The predicted octanol–water partition coefficient (Wildman–Crippen LogP) is 2.86. The van der Waals surface area contributed by atoms with Crippen LogP contribution in [-0.2, 0) is 21.4 Å². The maximum atomic E-state index is 12.5. The Kier molecular flexibility index (Phi) is 6.92. The standard InChI is InChI=1S/C22H29N3O3S/c1-18-7-6-14-25(16-18)20-12-10-19(11-13-20)15-23-22(26)17-24(2)29(27,28)21-8-4-3-5-9-21/h3-5,8-13,18H,6-7,14-17H2,1-2H3,(H,23,26). The number of rotatable bonds is 7. The Morgan fingerprint density at radius 1 is 1.14 bits per heavy atom. The Labute approximate surface area is 173 Å². The third-order valence-corrected chi connectivity index (χ3v) is 7.08. The number of piperidine rings is 1. The molecule has 7 heteroatoms. The summed E-state index contributed by atoms with van der Waals surface area (Å²) in [5, 5.41) is 2.80. The Hall–Kier alpha value is -2.38. The fourth-order valence-electron chi connectivity index (χ4n) is 3.56. The maximum absolute atomic E-state index is 12.5. The van der Waals surface area contributed by atoms with E-state index in [1.54, 1.807) is 18.2 Å². The first-order chi connectivity index (χ1) is 13.9. The van der Waals surface area contributed by atoms with Gasteiger partial charge in [0.2, 0.25) is 15.9 Å². The number of hydrogen-bond acceptors (Lipinski definition) is 4. The molecule has 0 aliphatic carbocycles. The smallest absolute Gasteiger partial charge is 0.243 e. The first-order valence-electron chi connectivity index (χ1n) is 9.98. The van der Waals surface area contributed by atoms with E-state index in [2.05, 4.69) is 29.3 Å². The summed E-state index contributed by atoms with van der Waals surface area (Å²) in [7, 11) is -2.26. The lowest BCUT2D eigenvalue weighted by Crippen LogP contribution is -2.38. The van der Waals surface area contributed by atoms with Gasteiger partial charge in [0, 0.05) is 32.4 Å². The van der Waals surface area contributed by atoms with Gasteiger partial charge in [-0.3, -0.25) is 4.79 Å². The van der Waals surface area contributed by atoms with Crippen LogP contribution in [0, 0.1) is 5.92 Å². The number of hydrogen-bond donors (Lipinski definition) is 1. The molecule has 1 fully saturated rings. The summed E-state index contributed by atoms with van der Waals surface area (Å²) < 4.78 is 26.1. The molecule has 1 aliphatic heterocycles. The number of carbonyl (C=O) groups excluding carboxylic acids is 1. The summed E-state index contributed by atoms with van der Waals surface area (Å²) in [5.41, 5.74) is 2.20. The van der Waals surface area contributed by atoms with Gasteiger partial charge in [0.25, 0.3) is 0 Å². The average molecular weight is 416 g/mol. The zero-order valence-corrected chi connectivity index (χ0v) is 17.9. The molecule has 0 bridgehead atoms. The Bertz CT molecular complexity index is 914. The number of likely N-dealkylation sites (N-methyl/N-ethyl adjacent to an activating group) is 1. The molecule has 0 spiro atoms. The van der Waals surface area contributed by atoms with Crippen molar-refractivity contribution in [2.24, 2.45) is 5.92 Å². The molecule has 0 saturated carbocycles. The summed E-state index contributed by atoms with van der Waals surface area (Å²) in [6, 6.07) is 16.3. The molecule has 29 heavy (non-hydrogen) atoms. The van der Waals surface area contributed by atoms with Gasteiger partial charge in [-0.15, -0.1) is 0 Å². The topological polar surface area (TPSA) is 69.7 Å². The second kappa shape index (κ2) is 9.41. The number of sulfonamides is 1. The van der Waals surface area contributed by atoms with Crippen molar-refractivity contribution >= 4 is 21.6 Å². The molecule has 1 atom stereocenters. The second-order valence-corrected chi connectivity index (χ2v) is 9.76. The SMILES string of the molecule is CC1CCCN(c2ccc(CNC(=O)CN(C)S(=O)(=O)c3ccccc3)cc2)C1. The lowest BCUT2D eigenvalue weighted by atomic mass is 9.99. The van der Waals surface area contributed by atoms with Gasteiger partial charge in [0.1, 0.15) is 0 Å². The minimum absolute atomic E-state index is 0.179. The second-order valence-electron chi connectivity index (χ2n) is 7.71. The molecule has 1 unspecified atom stereocenters. The van der Waals surface area contributed by atoms with Crippen molar-refractivity contribution in [1.82, 2.24) is 9.62 Å². The molecule has 1 saturated heterocycles. The highest BCUT2D eigenvalue weighted by molar-refractivity contribution is 7.89. The van der Waals surface area contributed by atoms with Gasteiger partial charge in [0.05, 0.1) is 11.4 Å². The highest BCUT2D eigenvalue weighted by Gasteiger charge is 2.22. The Balaban J connectivity index is 1.51. The van der Waals surface area contributed by atoms with Crippen LogP contribution in [0.15, 0.2) is 59.5 Å². The van der Waals surface area contributed by atoms with Gasteiger partial charge in [-0.1, -0.05) is 37.3 Å². The van der Waals surface area contributed by atoms with Gasteiger partial charge < -0.3 is 10.2 Å². The van der Waals surface area contributed by atoms with Gasteiger partial charge in [-0.2, -0.15) is 4.31 Å². The van der Waals surface area contributed by atoms with Crippen LogP contribution in [0.3, 0.4) is 0 Å². The van der Waals surface area contributed by atoms with Gasteiger partial charge in [-0.05, 0) is 48.6 Å². The van der Waals surface area contributed by atoms with Crippen LogP contribution in [0.25, 0.3) is 0 Å². The quantitative estimate of drug-likeness (QED) is 0.755. The van der Waals surface area contributed by atoms with Crippen LogP contribution in [-0.4, -0.2) is 45.3 Å². The van der Waals surface area contributed by atoms with E-state index < -0.39 is 10.0 Å². The zero-order valence-electron chi connectivity index (χ0n) is 17.0. The summed E-state index contributed by atoms with van der Waals surface area (Å²) in [6.07, 6.45) is 2.51. The van der Waals surface area contributed by atoms with Crippen LogP contribution in [0.2, 0.25) is 0 Å².